The lowest BCUT2D eigenvalue weighted by Crippen LogP contribution is -2.48. The molecule has 0 radical (unpaired) electrons. The number of ether oxygens (including phenoxy) is 4. The molecule has 0 unspecified atom stereocenters. The van der Waals surface area contributed by atoms with Crippen LogP contribution in [0, 0.1) is 0 Å². The van der Waals surface area contributed by atoms with Crippen LogP contribution < -0.4 is 19.5 Å². The Balaban J connectivity index is 1.95. The number of methoxy groups -OCH3 is 4. The van der Waals surface area contributed by atoms with Crippen molar-refractivity contribution >= 4 is 5.91 Å². The monoisotopic (exact) mass is 428 g/mol. The molecular formula is C24H32N2O5. The van der Waals surface area contributed by atoms with Crippen LogP contribution in [0.15, 0.2) is 36.4 Å². The molecule has 0 aromatic heterocycles. The third kappa shape index (κ3) is 5.29. The van der Waals surface area contributed by atoms with Crippen LogP contribution in [-0.2, 0) is 22.5 Å². The Labute approximate surface area is 184 Å². The van der Waals surface area contributed by atoms with Crippen LogP contribution in [0.3, 0.4) is 0 Å². The molecule has 1 aliphatic rings. The normalized spacial score (nSPS) is 16.9. The summed E-state index contributed by atoms with van der Waals surface area (Å²) in [5, 5.41) is 3.09. The van der Waals surface area contributed by atoms with E-state index in [9.17, 15) is 4.79 Å². The zero-order valence-electron chi connectivity index (χ0n) is 18.9. The third-order valence-electron chi connectivity index (χ3n) is 5.71. The minimum Gasteiger partial charge on any atom is -0.497 e. The second-order valence-corrected chi connectivity index (χ2v) is 7.71. The summed E-state index contributed by atoms with van der Waals surface area (Å²) < 4.78 is 21.3. The summed E-state index contributed by atoms with van der Waals surface area (Å²) in [6, 6.07) is 12.0. The molecular weight excluding hydrogens is 396 g/mol. The summed E-state index contributed by atoms with van der Waals surface area (Å²) in [7, 11) is 6.47. The number of nitrogens with one attached hydrogen (secondary N) is 1. The summed E-state index contributed by atoms with van der Waals surface area (Å²) in [6.45, 7) is 3.69. The minimum absolute atomic E-state index is 0.0218. The van der Waals surface area contributed by atoms with Crippen LogP contribution in [0.5, 0.6) is 17.2 Å². The van der Waals surface area contributed by atoms with E-state index in [-0.39, 0.29) is 24.6 Å². The fourth-order valence-corrected chi connectivity index (χ4v) is 4.26. The van der Waals surface area contributed by atoms with Gasteiger partial charge in [-0.05, 0) is 54.3 Å². The van der Waals surface area contributed by atoms with Crippen LogP contribution in [0.1, 0.15) is 29.7 Å². The van der Waals surface area contributed by atoms with Crippen molar-refractivity contribution in [2.24, 2.45) is 0 Å². The highest BCUT2D eigenvalue weighted by Gasteiger charge is 2.33. The van der Waals surface area contributed by atoms with Gasteiger partial charge in [-0.1, -0.05) is 12.1 Å². The van der Waals surface area contributed by atoms with Gasteiger partial charge in [0.1, 0.15) is 12.4 Å². The van der Waals surface area contributed by atoms with Crippen molar-refractivity contribution in [2.45, 2.75) is 32.0 Å². The van der Waals surface area contributed by atoms with Gasteiger partial charge < -0.3 is 24.3 Å². The molecule has 168 valence electrons. The van der Waals surface area contributed by atoms with Crippen molar-refractivity contribution < 1.29 is 23.7 Å². The molecule has 3 rings (SSSR count). The Hall–Kier alpha value is -2.77. The first-order chi connectivity index (χ1) is 15.0. The largest absolute Gasteiger partial charge is 0.497 e. The van der Waals surface area contributed by atoms with E-state index in [0.29, 0.717) is 5.75 Å². The zero-order valence-corrected chi connectivity index (χ0v) is 18.9. The van der Waals surface area contributed by atoms with Crippen molar-refractivity contribution in [3.05, 3.63) is 53.1 Å². The first-order valence-corrected chi connectivity index (χ1v) is 10.4. The molecule has 0 spiro atoms. The van der Waals surface area contributed by atoms with Gasteiger partial charge in [-0.2, -0.15) is 0 Å². The van der Waals surface area contributed by atoms with Crippen LogP contribution in [0.25, 0.3) is 0 Å². The van der Waals surface area contributed by atoms with Crippen LogP contribution in [0.2, 0.25) is 0 Å². The van der Waals surface area contributed by atoms with Crippen LogP contribution in [-0.4, -0.2) is 58.4 Å². The molecule has 2 aromatic rings. The van der Waals surface area contributed by atoms with E-state index in [1.807, 2.05) is 25.1 Å². The Morgan fingerprint density at radius 3 is 2.35 bits per heavy atom. The van der Waals surface area contributed by atoms with Crippen molar-refractivity contribution in [3.8, 4) is 17.2 Å². The molecule has 7 nitrogen and oxygen atoms in total. The smallest absolute Gasteiger partial charge is 0.246 e. The van der Waals surface area contributed by atoms with Gasteiger partial charge >= 0.3 is 0 Å². The number of nitrogens with zero attached hydrogens (tertiary/aromatic N) is 1. The van der Waals surface area contributed by atoms with E-state index >= 15 is 0 Å². The lowest BCUT2D eigenvalue weighted by Gasteiger charge is -2.41. The van der Waals surface area contributed by atoms with Gasteiger partial charge in [-0.25, -0.2) is 0 Å². The lowest BCUT2D eigenvalue weighted by molar-refractivity contribution is -0.125. The van der Waals surface area contributed by atoms with Crippen molar-refractivity contribution in [1.82, 2.24) is 10.2 Å². The van der Waals surface area contributed by atoms with Gasteiger partial charge in [0.2, 0.25) is 5.91 Å². The van der Waals surface area contributed by atoms with Crippen LogP contribution in [0.4, 0.5) is 0 Å². The molecule has 0 fully saturated rings. The van der Waals surface area contributed by atoms with Gasteiger partial charge in [0.05, 0.1) is 27.4 Å². The number of hydrogen-bond donors (Lipinski definition) is 1. The topological polar surface area (TPSA) is 69.3 Å². The summed E-state index contributed by atoms with van der Waals surface area (Å²) >= 11 is 0. The first-order valence-electron chi connectivity index (χ1n) is 10.4. The Morgan fingerprint density at radius 2 is 1.74 bits per heavy atom. The molecule has 1 heterocycles. The molecule has 1 aliphatic heterocycles. The maximum atomic E-state index is 12.3. The Morgan fingerprint density at radius 1 is 1.06 bits per heavy atom. The van der Waals surface area contributed by atoms with E-state index in [2.05, 4.69) is 28.4 Å². The Bertz CT molecular complexity index is 884. The number of fused-ring (bicyclic) bond motifs is 1. The first kappa shape index (κ1) is 22.9. The van der Waals surface area contributed by atoms with Crippen molar-refractivity contribution in [3.63, 3.8) is 0 Å². The SMILES string of the molecule is COCC(=O)N[C@H](C)[C@H]1c2cc(OC)c(OC)cc2CCN1Cc1ccc(OC)cc1. The van der Waals surface area contributed by atoms with E-state index < -0.39 is 0 Å². The lowest BCUT2D eigenvalue weighted by atomic mass is 9.87. The van der Waals surface area contributed by atoms with Gasteiger partial charge in [-0.15, -0.1) is 0 Å². The van der Waals surface area contributed by atoms with Gasteiger partial charge in [-0.3, -0.25) is 9.69 Å². The van der Waals surface area contributed by atoms with E-state index in [1.54, 1.807) is 21.3 Å². The molecule has 1 amide bonds. The van der Waals surface area contributed by atoms with E-state index in [4.69, 9.17) is 18.9 Å². The number of amides is 1. The highest BCUT2D eigenvalue weighted by molar-refractivity contribution is 5.77. The van der Waals surface area contributed by atoms with Crippen LogP contribution >= 0.6 is 0 Å². The van der Waals surface area contributed by atoms with E-state index in [0.717, 1.165) is 36.6 Å². The highest BCUT2D eigenvalue weighted by Crippen LogP contribution is 2.40. The molecule has 0 aliphatic carbocycles. The number of rotatable bonds is 9. The average Bonchev–Trinajstić information content (AvgIpc) is 2.78. The Kier molecular flexibility index (Phi) is 7.76. The average molecular weight is 429 g/mol. The van der Waals surface area contributed by atoms with Crippen molar-refractivity contribution in [1.29, 1.82) is 0 Å². The third-order valence-corrected chi connectivity index (χ3v) is 5.71. The predicted molar refractivity (Wildman–Crippen MR) is 119 cm³/mol. The number of carbonyl (C=O) groups is 1. The fourth-order valence-electron chi connectivity index (χ4n) is 4.26. The molecule has 0 saturated carbocycles. The minimum atomic E-state index is -0.132. The fraction of sp³-hybridized carbons (Fsp3) is 0.458. The summed E-state index contributed by atoms with van der Waals surface area (Å²) in [5.41, 5.74) is 3.54. The number of carbonyl (C=O) groups excluding carboxylic acids is 1. The number of benzene rings is 2. The number of hydrogen-bond acceptors (Lipinski definition) is 6. The summed E-state index contributed by atoms with van der Waals surface area (Å²) in [5.74, 6) is 2.11. The maximum absolute atomic E-state index is 12.3. The summed E-state index contributed by atoms with van der Waals surface area (Å²) in [4.78, 5) is 14.7. The van der Waals surface area contributed by atoms with Crippen molar-refractivity contribution in [2.75, 3.05) is 41.6 Å². The quantitative estimate of drug-likeness (QED) is 0.662. The second kappa shape index (κ2) is 10.5. The molecule has 1 N–H and O–H groups in total. The molecule has 0 bridgehead atoms. The molecule has 0 saturated heterocycles. The molecule has 2 aromatic carbocycles. The molecule has 31 heavy (non-hydrogen) atoms. The highest BCUT2D eigenvalue weighted by atomic mass is 16.5. The van der Waals surface area contributed by atoms with E-state index in [1.165, 1.54) is 18.2 Å². The standard InChI is InChI=1S/C24H32N2O5/c1-16(25-23(27)15-28-2)24-20-13-22(31-5)21(30-4)12-18(20)10-11-26(24)14-17-6-8-19(29-3)9-7-17/h6-9,12-13,16,24H,10-11,14-15H2,1-5H3,(H,25,27)/t16-,24+/m1/s1. The van der Waals surface area contributed by atoms with Gasteiger partial charge in [0.25, 0.3) is 0 Å². The summed E-state index contributed by atoms with van der Waals surface area (Å²) in [6.07, 6.45) is 0.890. The van der Waals surface area contributed by atoms with Gasteiger partial charge in [0, 0.05) is 26.2 Å². The zero-order chi connectivity index (χ0) is 22.4. The predicted octanol–water partition coefficient (Wildman–Crippen LogP) is 2.96. The molecule has 7 heteroatoms. The second-order valence-electron chi connectivity index (χ2n) is 7.71. The van der Waals surface area contributed by atoms with Gasteiger partial charge in [0.15, 0.2) is 11.5 Å². The maximum Gasteiger partial charge on any atom is 0.246 e. The molecule has 2 atom stereocenters.